The van der Waals surface area contributed by atoms with Crippen molar-refractivity contribution in [3.8, 4) is 0 Å². The van der Waals surface area contributed by atoms with Gasteiger partial charge in [0.25, 0.3) is 0 Å². The van der Waals surface area contributed by atoms with Crippen LogP contribution in [0.2, 0.25) is 0 Å². The van der Waals surface area contributed by atoms with Gasteiger partial charge < -0.3 is 0 Å². The molecule has 0 saturated heterocycles. The Morgan fingerprint density at radius 2 is 2.24 bits per heavy atom. The molecule has 0 aliphatic rings. The van der Waals surface area contributed by atoms with Gasteiger partial charge >= 0.3 is 0 Å². The average Bonchev–Trinajstić information content (AvgIpc) is 2.47. The monoisotopic (exact) mass is 282 g/mol. The van der Waals surface area contributed by atoms with Crippen molar-refractivity contribution in [1.29, 1.82) is 0 Å². The summed E-state index contributed by atoms with van der Waals surface area (Å²) in [5.74, 6) is 0.543. The van der Waals surface area contributed by atoms with Crippen LogP contribution in [0.15, 0.2) is 48.1 Å². The van der Waals surface area contributed by atoms with E-state index < -0.39 is 0 Å². The molecule has 112 valence electrons. The van der Waals surface area contributed by atoms with Crippen molar-refractivity contribution < 1.29 is 0 Å². The second kappa shape index (κ2) is 9.06. The van der Waals surface area contributed by atoms with Gasteiger partial charge in [0.1, 0.15) is 0 Å². The molecule has 2 heteroatoms. The Balaban J connectivity index is 3.24. The van der Waals surface area contributed by atoms with Gasteiger partial charge in [0, 0.05) is 12.4 Å². The lowest BCUT2D eigenvalue weighted by molar-refractivity contribution is 0.660. The van der Waals surface area contributed by atoms with Crippen molar-refractivity contribution >= 4 is 11.9 Å². The first-order chi connectivity index (χ1) is 10.2. The van der Waals surface area contributed by atoms with Gasteiger partial charge in [-0.1, -0.05) is 39.0 Å². The number of nitrogens with zero attached hydrogens (tertiary/aromatic N) is 2. The van der Waals surface area contributed by atoms with Crippen LogP contribution >= 0.6 is 0 Å². The molecule has 1 atom stereocenters. The van der Waals surface area contributed by atoms with Crippen molar-refractivity contribution in [2.75, 3.05) is 0 Å². The number of hydrogen-bond acceptors (Lipinski definition) is 2. The summed E-state index contributed by atoms with van der Waals surface area (Å²) in [6.07, 6.45) is 13.6. The molecule has 0 saturated carbocycles. The second-order valence-corrected chi connectivity index (χ2v) is 5.16. The van der Waals surface area contributed by atoms with Gasteiger partial charge in [-0.05, 0) is 55.5 Å². The largest absolute Gasteiger partial charge is 0.255 e. The molecular formula is C19H26N2. The summed E-state index contributed by atoms with van der Waals surface area (Å²) in [5, 5.41) is 0. The maximum Gasteiger partial charge on any atom is 0.0918 e. The Labute approximate surface area is 129 Å². The lowest BCUT2D eigenvalue weighted by Crippen LogP contribution is -2.01. The predicted octanol–water partition coefficient (Wildman–Crippen LogP) is 5.47. The van der Waals surface area contributed by atoms with Gasteiger partial charge in [-0.2, -0.15) is 0 Å². The van der Waals surface area contributed by atoms with E-state index in [1.807, 2.05) is 31.3 Å². The highest BCUT2D eigenvalue weighted by atomic mass is 14.8. The number of aliphatic imine (C=N–C) groups is 1. The van der Waals surface area contributed by atoms with Crippen LogP contribution in [0.1, 0.15) is 56.4 Å². The molecule has 0 amide bonds. The van der Waals surface area contributed by atoms with Crippen molar-refractivity contribution in [2.24, 2.45) is 4.99 Å². The lowest BCUT2D eigenvalue weighted by atomic mass is 9.92. The molecular weight excluding hydrogens is 256 g/mol. The fourth-order valence-electron chi connectivity index (χ4n) is 2.44. The molecule has 0 radical (unpaired) electrons. The summed E-state index contributed by atoms with van der Waals surface area (Å²) in [6.45, 7) is 12.4. The van der Waals surface area contributed by atoms with Gasteiger partial charge in [-0.3, -0.25) is 9.98 Å². The number of allylic oxidation sites excluding steroid dienone is 4. The van der Waals surface area contributed by atoms with Crippen molar-refractivity contribution in [1.82, 2.24) is 4.98 Å². The minimum absolute atomic E-state index is 0.543. The van der Waals surface area contributed by atoms with Crippen LogP contribution in [0, 0.1) is 6.92 Å². The Morgan fingerprint density at radius 3 is 2.86 bits per heavy atom. The van der Waals surface area contributed by atoms with Crippen LogP contribution in [0.25, 0.3) is 5.70 Å². The second-order valence-electron chi connectivity index (χ2n) is 5.16. The standard InChI is InChI=1S/C19H26N2/c1-6-9-13-20-18(11-8-3)19-16(5)17(12-14-21-19)15(4)10-7-2/h6,8-9,11-15H,3,7,10H2,1-2,4-5H3/b9-6-,18-11+,20-13+. The summed E-state index contributed by atoms with van der Waals surface area (Å²) in [5.41, 5.74) is 4.37. The smallest absolute Gasteiger partial charge is 0.0918 e. The maximum atomic E-state index is 4.53. The highest BCUT2D eigenvalue weighted by molar-refractivity contribution is 5.80. The third-order valence-corrected chi connectivity index (χ3v) is 3.51. The number of pyridine rings is 1. The predicted molar refractivity (Wildman–Crippen MR) is 93.8 cm³/mol. The third kappa shape index (κ3) is 4.82. The van der Waals surface area contributed by atoms with Crippen molar-refractivity contribution in [2.45, 2.75) is 46.5 Å². The Morgan fingerprint density at radius 1 is 1.48 bits per heavy atom. The number of hydrogen-bond donors (Lipinski definition) is 0. The minimum Gasteiger partial charge on any atom is -0.255 e. The molecule has 0 aliphatic carbocycles. The van der Waals surface area contributed by atoms with Crippen LogP contribution < -0.4 is 0 Å². The summed E-state index contributed by atoms with van der Waals surface area (Å²) in [7, 11) is 0. The Hall–Kier alpha value is -1.96. The van der Waals surface area contributed by atoms with E-state index in [4.69, 9.17) is 0 Å². The van der Waals surface area contributed by atoms with E-state index >= 15 is 0 Å². The van der Waals surface area contributed by atoms with Crippen LogP contribution in [-0.4, -0.2) is 11.2 Å². The molecule has 0 fully saturated rings. The summed E-state index contributed by atoms with van der Waals surface area (Å²) in [4.78, 5) is 9.02. The van der Waals surface area contributed by atoms with Crippen molar-refractivity contribution in [3.63, 3.8) is 0 Å². The summed E-state index contributed by atoms with van der Waals surface area (Å²) >= 11 is 0. The zero-order chi connectivity index (χ0) is 15.7. The van der Waals surface area contributed by atoms with E-state index in [2.05, 4.69) is 43.4 Å². The first-order valence-corrected chi connectivity index (χ1v) is 7.59. The molecule has 2 nitrogen and oxygen atoms in total. The van der Waals surface area contributed by atoms with Crippen molar-refractivity contribution in [3.05, 3.63) is 60.0 Å². The zero-order valence-corrected chi connectivity index (χ0v) is 13.6. The SMILES string of the molecule is C=C/C=C(/N=C/C=C\C)c1nccc(C(C)CCC)c1C. The van der Waals surface area contributed by atoms with Gasteiger partial charge in [0.2, 0.25) is 0 Å². The van der Waals surface area contributed by atoms with E-state index in [1.54, 1.807) is 12.3 Å². The van der Waals surface area contributed by atoms with E-state index in [0.717, 1.165) is 11.4 Å². The first-order valence-electron chi connectivity index (χ1n) is 7.59. The van der Waals surface area contributed by atoms with Crippen LogP contribution in [0.4, 0.5) is 0 Å². The molecule has 1 heterocycles. The number of aromatic nitrogens is 1. The maximum absolute atomic E-state index is 4.53. The van der Waals surface area contributed by atoms with Gasteiger partial charge in [0.15, 0.2) is 0 Å². The molecule has 1 aromatic rings. The Kier molecular flexibility index (Phi) is 7.38. The normalized spacial score (nSPS) is 14.0. The zero-order valence-electron chi connectivity index (χ0n) is 13.6. The Bertz CT molecular complexity index is 551. The van der Waals surface area contributed by atoms with Gasteiger partial charge in [-0.25, -0.2) is 0 Å². The molecule has 0 spiro atoms. The third-order valence-electron chi connectivity index (χ3n) is 3.51. The quantitative estimate of drug-likeness (QED) is 0.481. The fraction of sp³-hybridized carbons (Fsp3) is 0.368. The molecule has 1 unspecified atom stereocenters. The van der Waals surface area contributed by atoms with E-state index in [9.17, 15) is 0 Å². The highest BCUT2D eigenvalue weighted by Crippen LogP contribution is 2.28. The molecule has 1 aromatic heterocycles. The van der Waals surface area contributed by atoms with Gasteiger partial charge in [-0.15, -0.1) is 0 Å². The molecule has 0 aliphatic heterocycles. The average molecular weight is 282 g/mol. The molecule has 21 heavy (non-hydrogen) atoms. The van der Waals surface area contributed by atoms with Crippen LogP contribution in [0.3, 0.4) is 0 Å². The highest BCUT2D eigenvalue weighted by Gasteiger charge is 2.13. The first kappa shape index (κ1) is 17.1. The molecule has 1 rings (SSSR count). The summed E-state index contributed by atoms with van der Waals surface area (Å²) < 4.78 is 0. The lowest BCUT2D eigenvalue weighted by Gasteiger charge is -2.16. The molecule has 0 N–H and O–H groups in total. The number of rotatable bonds is 7. The van der Waals surface area contributed by atoms with Crippen LogP contribution in [0.5, 0.6) is 0 Å². The molecule has 0 aromatic carbocycles. The fourth-order valence-corrected chi connectivity index (χ4v) is 2.44. The topological polar surface area (TPSA) is 25.2 Å². The summed E-state index contributed by atoms with van der Waals surface area (Å²) in [6, 6.07) is 2.13. The minimum atomic E-state index is 0.543. The van der Waals surface area contributed by atoms with Gasteiger partial charge in [0.05, 0.1) is 11.4 Å². The van der Waals surface area contributed by atoms with E-state index in [-0.39, 0.29) is 0 Å². The van der Waals surface area contributed by atoms with E-state index in [1.165, 1.54) is 24.0 Å². The molecule has 0 bridgehead atoms. The van der Waals surface area contributed by atoms with E-state index in [0.29, 0.717) is 5.92 Å². The van der Waals surface area contributed by atoms with Crippen LogP contribution in [-0.2, 0) is 0 Å².